The van der Waals surface area contributed by atoms with Crippen molar-refractivity contribution in [3.05, 3.63) is 89.0 Å². The molecule has 0 aliphatic heterocycles. The van der Waals surface area contributed by atoms with Gasteiger partial charge in [0, 0.05) is 28.5 Å². The van der Waals surface area contributed by atoms with Gasteiger partial charge in [0.05, 0.1) is 16.6 Å². The third-order valence-electron chi connectivity index (χ3n) is 4.15. The first-order valence-corrected chi connectivity index (χ1v) is 8.99. The molecule has 0 unspecified atom stereocenters. The van der Waals surface area contributed by atoms with Gasteiger partial charge in [-0.2, -0.15) is 5.26 Å². The highest BCUT2D eigenvalue weighted by Gasteiger charge is 2.10. The van der Waals surface area contributed by atoms with Crippen molar-refractivity contribution in [2.45, 2.75) is 6.61 Å². The van der Waals surface area contributed by atoms with Gasteiger partial charge in [-0.15, -0.1) is 0 Å². The summed E-state index contributed by atoms with van der Waals surface area (Å²) in [6.45, 7) is 0.364. The zero-order valence-electron chi connectivity index (χ0n) is 14.8. The molecule has 0 spiro atoms. The van der Waals surface area contributed by atoms with E-state index in [1.807, 2.05) is 36.4 Å². The molecular weight excluding hydrogens is 372 g/mol. The number of imidazole rings is 1. The van der Waals surface area contributed by atoms with E-state index in [1.54, 1.807) is 36.7 Å². The number of nitrogens with zero attached hydrogens (tertiary/aromatic N) is 3. The van der Waals surface area contributed by atoms with Gasteiger partial charge in [0.2, 0.25) is 0 Å². The normalized spacial score (nSPS) is 11.4. The summed E-state index contributed by atoms with van der Waals surface area (Å²) in [6.07, 6.45) is 5.19. The standard InChI is InChI=1S/C22H15ClN4O/c23-18-7-8-21(28-14-15-4-3-9-25-13-15)16(11-18)10-17(12-24)22-26-19-5-1-2-6-20(19)27-22/h1-11,13H,14H2,(H,26,27). The lowest BCUT2D eigenvalue weighted by molar-refractivity contribution is 0.305. The van der Waals surface area contributed by atoms with Gasteiger partial charge in [0.1, 0.15) is 24.3 Å². The summed E-state index contributed by atoms with van der Waals surface area (Å²) in [5, 5.41) is 10.2. The number of H-pyrrole nitrogens is 1. The Hall–Kier alpha value is -3.62. The van der Waals surface area contributed by atoms with Crippen LogP contribution in [-0.2, 0) is 6.61 Å². The van der Waals surface area contributed by atoms with E-state index in [2.05, 4.69) is 21.0 Å². The van der Waals surface area contributed by atoms with E-state index in [1.165, 1.54) is 0 Å². The molecule has 5 nitrogen and oxygen atoms in total. The molecule has 0 bridgehead atoms. The number of benzene rings is 2. The molecule has 1 N–H and O–H groups in total. The van der Waals surface area contributed by atoms with Gasteiger partial charge in [-0.05, 0) is 42.5 Å². The first kappa shape index (κ1) is 17.8. The molecule has 0 saturated carbocycles. The minimum atomic E-state index is 0.364. The van der Waals surface area contributed by atoms with E-state index in [0.29, 0.717) is 34.3 Å². The highest BCUT2D eigenvalue weighted by Crippen LogP contribution is 2.28. The Balaban J connectivity index is 1.68. The number of pyridine rings is 1. The number of allylic oxidation sites excluding steroid dienone is 1. The van der Waals surface area contributed by atoms with Crippen LogP contribution in [0.1, 0.15) is 17.0 Å². The molecule has 136 valence electrons. The molecule has 0 aliphatic rings. The van der Waals surface area contributed by atoms with Gasteiger partial charge in [-0.3, -0.25) is 4.98 Å². The Morgan fingerprint density at radius 3 is 2.86 bits per heavy atom. The zero-order chi connectivity index (χ0) is 19.3. The van der Waals surface area contributed by atoms with Crippen LogP contribution in [-0.4, -0.2) is 15.0 Å². The second-order valence-corrected chi connectivity index (χ2v) is 6.54. The number of nitrogens with one attached hydrogen (secondary N) is 1. The number of hydrogen-bond acceptors (Lipinski definition) is 4. The van der Waals surface area contributed by atoms with E-state index in [-0.39, 0.29) is 0 Å². The highest BCUT2D eigenvalue weighted by atomic mass is 35.5. The molecule has 28 heavy (non-hydrogen) atoms. The Labute approximate surface area is 166 Å². The van der Waals surface area contributed by atoms with Crippen LogP contribution in [0, 0.1) is 11.3 Å². The Morgan fingerprint density at radius 1 is 1.18 bits per heavy atom. The number of aromatic amines is 1. The van der Waals surface area contributed by atoms with Crippen LogP contribution in [0.2, 0.25) is 5.02 Å². The van der Waals surface area contributed by atoms with Crippen molar-refractivity contribution in [2.75, 3.05) is 0 Å². The zero-order valence-corrected chi connectivity index (χ0v) is 15.5. The maximum atomic E-state index is 9.67. The van der Waals surface area contributed by atoms with E-state index < -0.39 is 0 Å². The number of hydrogen-bond donors (Lipinski definition) is 1. The minimum Gasteiger partial charge on any atom is -0.488 e. The predicted octanol–water partition coefficient (Wildman–Crippen LogP) is 5.25. The van der Waals surface area contributed by atoms with E-state index in [9.17, 15) is 5.26 Å². The van der Waals surface area contributed by atoms with Gasteiger partial charge >= 0.3 is 0 Å². The van der Waals surface area contributed by atoms with Gasteiger partial charge in [0.25, 0.3) is 0 Å². The number of aromatic nitrogens is 3. The summed E-state index contributed by atoms with van der Waals surface area (Å²) in [6, 6.07) is 19.0. The van der Waals surface area contributed by atoms with Crippen molar-refractivity contribution in [3.8, 4) is 11.8 Å². The maximum Gasteiger partial charge on any atom is 0.149 e. The summed E-state index contributed by atoms with van der Waals surface area (Å²) in [5.74, 6) is 1.12. The van der Waals surface area contributed by atoms with Gasteiger partial charge < -0.3 is 9.72 Å². The fourth-order valence-corrected chi connectivity index (χ4v) is 2.98. The van der Waals surface area contributed by atoms with E-state index in [0.717, 1.165) is 16.6 Å². The van der Waals surface area contributed by atoms with Crippen LogP contribution in [0.15, 0.2) is 67.0 Å². The lowest BCUT2D eigenvalue weighted by atomic mass is 10.1. The number of fused-ring (bicyclic) bond motifs is 1. The number of para-hydroxylation sites is 2. The molecule has 4 rings (SSSR count). The lowest BCUT2D eigenvalue weighted by Gasteiger charge is -2.10. The first-order chi connectivity index (χ1) is 13.7. The fraction of sp³-hybridized carbons (Fsp3) is 0.0455. The summed E-state index contributed by atoms with van der Waals surface area (Å²) in [7, 11) is 0. The van der Waals surface area contributed by atoms with Crippen LogP contribution in [0.5, 0.6) is 5.75 Å². The maximum absolute atomic E-state index is 9.67. The largest absolute Gasteiger partial charge is 0.488 e. The van der Waals surface area contributed by atoms with E-state index >= 15 is 0 Å². The SMILES string of the molecule is N#CC(=Cc1cc(Cl)ccc1OCc1cccnc1)c1nc2ccccc2[nH]1. The predicted molar refractivity (Wildman–Crippen MR) is 110 cm³/mol. The van der Waals surface area contributed by atoms with Crippen LogP contribution in [0.25, 0.3) is 22.7 Å². The second-order valence-electron chi connectivity index (χ2n) is 6.10. The fourth-order valence-electron chi connectivity index (χ4n) is 2.80. The average Bonchev–Trinajstić information content (AvgIpc) is 3.16. The molecule has 0 saturated heterocycles. The molecule has 0 amide bonds. The number of halogens is 1. The summed E-state index contributed by atoms with van der Waals surface area (Å²) in [5.41, 5.74) is 3.72. The minimum absolute atomic E-state index is 0.364. The van der Waals surface area contributed by atoms with Crippen LogP contribution in [0.3, 0.4) is 0 Å². The van der Waals surface area contributed by atoms with Crippen molar-refractivity contribution in [3.63, 3.8) is 0 Å². The second kappa shape index (κ2) is 7.95. The van der Waals surface area contributed by atoms with Gasteiger partial charge in [-0.25, -0.2) is 4.98 Å². The van der Waals surface area contributed by atoms with Gasteiger partial charge in [-0.1, -0.05) is 29.8 Å². The molecule has 0 radical (unpaired) electrons. The average molecular weight is 387 g/mol. The van der Waals surface area contributed by atoms with Crippen molar-refractivity contribution < 1.29 is 4.74 Å². The molecule has 0 atom stereocenters. The molecule has 2 aromatic carbocycles. The quantitative estimate of drug-likeness (QED) is 0.475. The first-order valence-electron chi connectivity index (χ1n) is 8.61. The lowest BCUT2D eigenvalue weighted by Crippen LogP contribution is -1.97. The molecule has 0 aliphatic carbocycles. The number of nitriles is 1. The van der Waals surface area contributed by atoms with E-state index in [4.69, 9.17) is 16.3 Å². The molecule has 2 heterocycles. The van der Waals surface area contributed by atoms with Crippen LogP contribution in [0.4, 0.5) is 0 Å². The Kier molecular flexibility index (Phi) is 5.05. The monoisotopic (exact) mass is 386 g/mol. The van der Waals surface area contributed by atoms with Crippen molar-refractivity contribution in [1.82, 2.24) is 15.0 Å². The molecule has 0 fully saturated rings. The summed E-state index contributed by atoms with van der Waals surface area (Å²) in [4.78, 5) is 11.8. The number of rotatable bonds is 5. The Morgan fingerprint density at radius 2 is 2.07 bits per heavy atom. The molecule has 4 aromatic rings. The topological polar surface area (TPSA) is 74.6 Å². The molecule has 2 aromatic heterocycles. The molecular formula is C22H15ClN4O. The van der Waals surface area contributed by atoms with Crippen LogP contribution < -0.4 is 4.74 Å². The summed E-state index contributed by atoms with van der Waals surface area (Å²) < 4.78 is 5.94. The summed E-state index contributed by atoms with van der Waals surface area (Å²) >= 11 is 6.17. The smallest absolute Gasteiger partial charge is 0.149 e. The van der Waals surface area contributed by atoms with Crippen molar-refractivity contribution in [1.29, 1.82) is 5.26 Å². The number of ether oxygens (including phenoxy) is 1. The third kappa shape index (κ3) is 3.88. The van der Waals surface area contributed by atoms with Crippen LogP contribution >= 0.6 is 11.6 Å². The van der Waals surface area contributed by atoms with Crippen molar-refractivity contribution in [2.24, 2.45) is 0 Å². The Bertz CT molecular complexity index is 1160. The molecule has 6 heteroatoms. The highest BCUT2D eigenvalue weighted by molar-refractivity contribution is 6.30. The van der Waals surface area contributed by atoms with Crippen molar-refractivity contribution >= 4 is 34.3 Å². The van der Waals surface area contributed by atoms with Gasteiger partial charge in [0.15, 0.2) is 0 Å². The third-order valence-corrected chi connectivity index (χ3v) is 4.39.